The van der Waals surface area contributed by atoms with Crippen molar-refractivity contribution in [1.29, 1.82) is 0 Å². The van der Waals surface area contributed by atoms with Crippen LogP contribution in [0, 0.1) is 12.8 Å². The molecule has 1 aromatic heterocycles. The number of rotatable bonds is 5. The van der Waals surface area contributed by atoms with Crippen LogP contribution in [0.2, 0.25) is 0 Å². The standard InChI is InChI=1S/C20H23N3O3/c1-3-18(24)23-17-7-5-4-6-16(17)20(25)22-15-10-8-14(9-11-15)19-13(2)21-12-26-19/h3,8-12,16-17H,1,4-7H2,2H3,(H,22,25)(H,23,24)/t16-,17+/m0/s1. The normalized spacial score (nSPS) is 19.6. The maximum absolute atomic E-state index is 12.7. The molecule has 0 saturated heterocycles. The first kappa shape index (κ1) is 17.9. The quantitative estimate of drug-likeness (QED) is 0.807. The Hall–Kier alpha value is -2.89. The van der Waals surface area contributed by atoms with Crippen molar-refractivity contribution in [1.82, 2.24) is 10.3 Å². The molecule has 136 valence electrons. The highest BCUT2D eigenvalue weighted by atomic mass is 16.3. The minimum Gasteiger partial charge on any atom is -0.443 e. The van der Waals surface area contributed by atoms with Crippen LogP contribution in [0.1, 0.15) is 31.4 Å². The molecule has 0 spiro atoms. The molecule has 2 atom stereocenters. The molecule has 1 saturated carbocycles. The molecule has 1 heterocycles. The van der Waals surface area contributed by atoms with Crippen LogP contribution in [0.4, 0.5) is 5.69 Å². The van der Waals surface area contributed by atoms with Crippen molar-refractivity contribution >= 4 is 17.5 Å². The Balaban J connectivity index is 1.67. The van der Waals surface area contributed by atoms with Crippen LogP contribution in [-0.2, 0) is 9.59 Å². The molecular weight excluding hydrogens is 330 g/mol. The van der Waals surface area contributed by atoms with Gasteiger partial charge in [0.2, 0.25) is 11.8 Å². The van der Waals surface area contributed by atoms with Crippen LogP contribution in [0.15, 0.2) is 47.7 Å². The second-order valence-corrected chi connectivity index (χ2v) is 6.54. The van der Waals surface area contributed by atoms with Gasteiger partial charge >= 0.3 is 0 Å². The molecule has 1 fully saturated rings. The maximum Gasteiger partial charge on any atom is 0.243 e. The number of aryl methyl sites for hydroxylation is 1. The van der Waals surface area contributed by atoms with Crippen molar-refractivity contribution in [2.24, 2.45) is 5.92 Å². The third kappa shape index (κ3) is 4.02. The third-order valence-electron chi connectivity index (χ3n) is 4.78. The minimum atomic E-state index is -0.235. The van der Waals surface area contributed by atoms with E-state index in [4.69, 9.17) is 4.42 Å². The van der Waals surface area contributed by atoms with Gasteiger partial charge in [0.05, 0.1) is 11.6 Å². The van der Waals surface area contributed by atoms with Gasteiger partial charge in [-0.15, -0.1) is 0 Å². The van der Waals surface area contributed by atoms with Gasteiger partial charge in [0.1, 0.15) is 0 Å². The fourth-order valence-electron chi connectivity index (χ4n) is 3.38. The van der Waals surface area contributed by atoms with E-state index in [0.29, 0.717) is 0 Å². The molecule has 0 radical (unpaired) electrons. The second-order valence-electron chi connectivity index (χ2n) is 6.54. The van der Waals surface area contributed by atoms with Gasteiger partial charge in [-0.2, -0.15) is 0 Å². The lowest BCUT2D eigenvalue weighted by Crippen LogP contribution is -2.46. The summed E-state index contributed by atoms with van der Waals surface area (Å²) in [5.41, 5.74) is 2.45. The lowest BCUT2D eigenvalue weighted by molar-refractivity contribution is -0.123. The van der Waals surface area contributed by atoms with E-state index in [2.05, 4.69) is 22.2 Å². The van der Waals surface area contributed by atoms with Crippen molar-refractivity contribution in [3.8, 4) is 11.3 Å². The Morgan fingerprint density at radius 2 is 1.96 bits per heavy atom. The van der Waals surface area contributed by atoms with E-state index in [1.807, 2.05) is 31.2 Å². The highest BCUT2D eigenvalue weighted by Crippen LogP contribution is 2.27. The molecule has 6 nitrogen and oxygen atoms in total. The Kier molecular flexibility index (Phi) is 5.51. The number of nitrogens with one attached hydrogen (secondary N) is 2. The number of amides is 2. The summed E-state index contributed by atoms with van der Waals surface area (Å²) in [6, 6.07) is 7.32. The molecule has 3 rings (SSSR count). The first-order valence-corrected chi connectivity index (χ1v) is 8.83. The van der Waals surface area contributed by atoms with E-state index in [9.17, 15) is 9.59 Å². The number of hydrogen-bond donors (Lipinski definition) is 2. The summed E-state index contributed by atoms with van der Waals surface area (Å²) >= 11 is 0. The Bertz CT molecular complexity index is 795. The lowest BCUT2D eigenvalue weighted by atomic mass is 9.83. The molecule has 6 heteroatoms. The van der Waals surface area contributed by atoms with Crippen LogP contribution in [-0.4, -0.2) is 22.8 Å². The molecule has 26 heavy (non-hydrogen) atoms. The van der Waals surface area contributed by atoms with E-state index in [0.717, 1.165) is 48.4 Å². The molecule has 0 unspecified atom stereocenters. The molecular formula is C20H23N3O3. The molecule has 2 aromatic rings. The number of oxazole rings is 1. The Morgan fingerprint density at radius 1 is 1.23 bits per heavy atom. The summed E-state index contributed by atoms with van der Waals surface area (Å²) < 4.78 is 5.38. The van der Waals surface area contributed by atoms with Gasteiger partial charge in [0.15, 0.2) is 12.2 Å². The fraction of sp³-hybridized carbons (Fsp3) is 0.350. The number of hydrogen-bond acceptors (Lipinski definition) is 4. The molecule has 1 aromatic carbocycles. The number of anilines is 1. The predicted octanol–water partition coefficient (Wildman–Crippen LogP) is 3.45. The minimum absolute atomic E-state index is 0.0670. The maximum atomic E-state index is 12.7. The van der Waals surface area contributed by atoms with Crippen molar-refractivity contribution < 1.29 is 14.0 Å². The summed E-state index contributed by atoms with van der Waals surface area (Å²) in [6.07, 6.45) is 6.24. The summed E-state index contributed by atoms with van der Waals surface area (Å²) in [7, 11) is 0. The SMILES string of the molecule is C=CC(=O)N[C@@H]1CCCC[C@@H]1C(=O)Nc1ccc(-c2ocnc2C)cc1. The summed E-state index contributed by atoms with van der Waals surface area (Å²) in [5.74, 6) is 0.190. The topological polar surface area (TPSA) is 84.2 Å². The molecule has 2 amide bonds. The van der Waals surface area contributed by atoms with Crippen LogP contribution in [0.5, 0.6) is 0 Å². The van der Waals surface area contributed by atoms with E-state index in [-0.39, 0.29) is 23.8 Å². The fourth-order valence-corrected chi connectivity index (χ4v) is 3.38. The van der Waals surface area contributed by atoms with Gasteiger partial charge in [-0.3, -0.25) is 9.59 Å². The number of carbonyl (C=O) groups is 2. The Labute approximate surface area is 152 Å². The largest absolute Gasteiger partial charge is 0.443 e. The van der Waals surface area contributed by atoms with Crippen molar-refractivity contribution in [3.63, 3.8) is 0 Å². The number of aromatic nitrogens is 1. The van der Waals surface area contributed by atoms with E-state index in [1.165, 1.54) is 12.5 Å². The first-order chi connectivity index (χ1) is 12.6. The van der Waals surface area contributed by atoms with Crippen LogP contribution in [0.25, 0.3) is 11.3 Å². The molecule has 0 aliphatic heterocycles. The smallest absolute Gasteiger partial charge is 0.243 e. The number of benzene rings is 1. The molecule has 1 aliphatic rings. The molecule has 2 N–H and O–H groups in total. The van der Waals surface area contributed by atoms with Crippen molar-refractivity contribution in [2.45, 2.75) is 38.6 Å². The van der Waals surface area contributed by atoms with Gasteiger partial charge in [0.25, 0.3) is 0 Å². The predicted molar refractivity (Wildman–Crippen MR) is 99.4 cm³/mol. The first-order valence-electron chi connectivity index (χ1n) is 8.83. The lowest BCUT2D eigenvalue weighted by Gasteiger charge is -2.31. The third-order valence-corrected chi connectivity index (χ3v) is 4.78. The monoisotopic (exact) mass is 353 g/mol. The highest BCUT2D eigenvalue weighted by Gasteiger charge is 2.31. The van der Waals surface area contributed by atoms with Gasteiger partial charge < -0.3 is 15.1 Å². The Morgan fingerprint density at radius 3 is 2.62 bits per heavy atom. The zero-order valence-electron chi connectivity index (χ0n) is 14.8. The van der Waals surface area contributed by atoms with E-state index in [1.54, 1.807) is 0 Å². The summed E-state index contributed by atoms with van der Waals surface area (Å²) in [6.45, 7) is 5.36. The van der Waals surface area contributed by atoms with Crippen LogP contribution >= 0.6 is 0 Å². The van der Waals surface area contributed by atoms with Crippen molar-refractivity contribution in [3.05, 3.63) is 49.0 Å². The average Bonchev–Trinajstić information content (AvgIpc) is 3.08. The van der Waals surface area contributed by atoms with Gasteiger partial charge in [0, 0.05) is 17.3 Å². The van der Waals surface area contributed by atoms with Gasteiger partial charge in [-0.1, -0.05) is 19.4 Å². The van der Waals surface area contributed by atoms with Gasteiger partial charge in [-0.05, 0) is 50.1 Å². The summed E-state index contributed by atoms with van der Waals surface area (Å²) in [4.78, 5) is 28.4. The second kappa shape index (κ2) is 7.99. The van der Waals surface area contributed by atoms with E-state index >= 15 is 0 Å². The molecule has 0 bridgehead atoms. The zero-order chi connectivity index (χ0) is 18.5. The highest BCUT2D eigenvalue weighted by molar-refractivity contribution is 5.94. The molecule has 1 aliphatic carbocycles. The van der Waals surface area contributed by atoms with E-state index < -0.39 is 0 Å². The van der Waals surface area contributed by atoms with Crippen LogP contribution in [0.3, 0.4) is 0 Å². The summed E-state index contributed by atoms with van der Waals surface area (Å²) in [5, 5.41) is 5.84. The zero-order valence-corrected chi connectivity index (χ0v) is 14.8. The average molecular weight is 353 g/mol. The number of carbonyl (C=O) groups excluding carboxylic acids is 2. The van der Waals surface area contributed by atoms with Crippen molar-refractivity contribution in [2.75, 3.05) is 5.32 Å². The van der Waals surface area contributed by atoms with Crippen LogP contribution < -0.4 is 10.6 Å². The van der Waals surface area contributed by atoms with Gasteiger partial charge in [-0.25, -0.2) is 4.98 Å². The number of nitrogens with zero attached hydrogens (tertiary/aromatic N) is 1.